The van der Waals surface area contributed by atoms with E-state index in [1.54, 1.807) is 0 Å². The maximum absolute atomic E-state index is 11.8. The smallest absolute Gasteiger partial charge is 0.220 e. The van der Waals surface area contributed by atoms with Crippen molar-refractivity contribution >= 4 is 11.6 Å². The summed E-state index contributed by atoms with van der Waals surface area (Å²) in [6, 6.07) is 15.7. The van der Waals surface area contributed by atoms with E-state index in [4.69, 9.17) is 5.73 Å². The van der Waals surface area contributed by atoms with Gasteiger partial charge in [0.15, 0.2) is 0 Å². The van der Waals surface area contributed by atoms with E-state index in [0.29, 0.717) is 13.0 Å². The van der Waals surface area contributed by atoms with Crippen molar-refractivity contribution in [1.82, 2.24) is 5.32 Å². The molecule has 3 nitrogen and oxygen atoms in total. The van der Waals surface area contributed by atoms with Crippen molar-refractivity contribution < 1.29 is 4.79 Å². The lowest BCUT2D eigenvalue weighted by molar-refractivity contribution is -0.121. The van der Waals surface area contributed by atoms with E-state index in [1.165, 1.54) is 11.1 Å². The second-order valence-electron chi connectivity index (χ2n) is 4.95. The van der Waals surface area contributed by atoms with Crippen LogP contribution in [0.5, 0.6) is 0 Å². The maximum Gasteiger partial charge on any atom is 0.220 e. The molecule has 0 bridgehead atoms. The molecule has 0 saturated carbocycles. The number of carbonyl (C=O) groups is 1. The van der Waals surface area contributed by atoms with Crippen LogP contribution in [0.4, 0.5) is 5.69 Å². The minimum Gasteiger partial charge on any atom is -0.399 e. The van der Waals surface area contributed by atoms with Gasteiger partial charge in [0.05, 0.1) is 0 Å². The molecule has 0 fully saturated rings. The van der Waals surface area contributed by atoms with Gasteiger partial charge in [-0.2, -0.15) is 0 Å². The van der Waals surface area contributed by atoms with Crippen molar-refractivity contribution in [3.05, 3.63) is 65.2 Å². The first kappa shape index (κ1) is 14.1. The van der Waals surface area contributed by atoms with Gasteiger partial charge in [0.25, 0.3) is 0 Å². The van der Waals surface area contributed by atoms with Gasteiger partial charge < -0.3 is 11.1 Å². The van der Waals surface area contributed by atoms with Gasteiger partial charge in [-0.05, 0) is 42.2 Å². The molecule has 0 aromatic heterocycles. The Morgan fingerprint density at radius 3 is 2.70 bits per heavy atom. The fourth-order valence-electron chi connectivity index (χ4n) is 2.13. The number of rotatable bonds is 5. The lowest BCUT2D eigenvalue weighted by Crippen LogP contribution is -2.23. The lowest BCUT2D eigenvalue weighted by Gasteiger charge is -2.07. The molecule has 0 unspecified atom stereocenters. The van der Waals surface area contributed by atoms with Crippen LogP contribution >= 0.6 is 0 Å². The Hall–Kier alpha value is -2.29. The summed E-state index contributed by atoms with van der Waals surface area (Å²) in [7, 11) is 0. The zero-order valence-corrected chi connectivity index (χ0v) is 11.7. The van der Waals surface area contributed by atoms with Gasteiger partial charge in [0.1, 0.15) is 0 Å². The van der Waals surface area contributed by atoms with E-state index in [-0.39, 0.29) is 5.91 Å². The summed E-state index contributed by atoms with van der Waals surface area (Å²) in [5.41, 5.74) is 9.91. The summed E-state index contributed by atoms with van der Waals surface area (Å²) >= 11 is 0. The molecule has 0 aliphatic heterocycles. The normalized spacial score (nSPS) is 10.2. The number of nitrogens with one attached hydrogen (secondary N) is 1. The highest BCUT2D eigenvalue weighted by Crippen LogP contribution is 2.10. The molecule has 104 valence electrons. The van der Waals surface area contributed by atoms with E-state index < -0.39 is 0 Å². The van der Waals surface area contributed by atoms with Crippen LogP contribution < -0.4 is 11.1 Å². The Morgan fingerprint density at radius 1 is 1.15 bits per heavy atom. The Kier molecular flexibility index (Phi) is 4.77. The summed E-state index contributed by atoms with van der Waals surface area (Å²) < 4.78 is 0. The average molecular weight is 268 g/mol. The summed E-state index contributed by atoms with van der Waals surface area (Å²) in [5.74, 6) is 0.0654. The first-order valence-electron chi connectivity index (χ1n) is 6.81. The van der Waals surface area contributed by atoms with E-state index in [9.17, 15) is 4.79 Å². The number of nitrogen functional groups attached to an aromatic ring is 1. The number of aryl methyl sites for hydroxylation is 2. The summed E-state index contributed by atoms with van der Waals surface area (Å²) in [6.07, 6.45) is 1.28. The number of carbonyl (C=O) groups excluding carboxylic acids is 1. The van der Waals surface area contributed by atoms with E-state index in [1.807, 2.05) is 36.4 Å². The summed E-state index contributed by atoms with van der Waals surface area (Å²) in [6.45, 7) is 2.59. The second-order valence-corrected chi connectivity index (χ2v) is 4.95. The largest absolute Gasteiger partial charge is 0.399 e. The molecule has 0 heterocycles. The highest BCUT2D eigenvalue weighted by molar-refractivity contribution is 5.76. The van der Waals surface area contributed by atoms with Crippen molar-refractivity contribution in [3.8, 4) is 0 Å². The minimum atomic E-state index is 0.0654. The van der Waals surface area contributed by atoms with Crippen molar-refractivity contribution in [2.45, 2.75) is 26.3 Å². The molecule has 0 radical (unpaired) electrons. The monoisotopic (exact) mass is 268 g/mol. The van der Waals surface area contributed by atoms with Gasteiger partial charge in [-0.15, -0.1) is 0 Å². The molecule has 0 aliphatic rings. The molecule has 0 saturated heterocycles. The van der Waals surface area contributed by atoms with Crippen LogP contribution in [0.25, 0.3) is 0 Å². The molecule has 3 N–H and O–H groups in total. The number of hydrogen-bond donors (Lipinski definition) is 2. The predicted molar refractivity (Wildman–Crippen MR) is 82.2 cm³/mol. The second kappa shape index (κ2) is 6.75. The zero-order valence-electron chi connectivity index (χ0n) is 11.7. The Balaban J connectivity index is 1.80. The van der Waals surface area contributed by atoms with Gasteiger partial charge in [-0.3, -0.25) is 4.79 Å². The number of anilines is 1. The van der Waals surface area contributed by atoms with Crippen molar-refractivity contribution in [2.24, 2.45) is 0 Å². The molecule has 2 aromatic carbocycles. The van der Waals surface area contributed by atoms with Crippen LogP contribution in [-0.4, -0.2) is 5.91 Å². The number of amides is 1. The number of nitrogens with two attached hydrogens (primary N) is 1. The van der Waals surface area contributed by atoms with Crippen LogP contribution in [0.1, 0.15) is 23.1 Å². The predicted octanol–water partition coefficient (Wildman–Crippen LogP) is 2.83. The lowest BCUT2D eigenvalue weighted by atomic mass is 10.0. The SMILES string of the molecule is Cc1ccccc1CCC(=O)NCc1cccc(N)c1. The summed E-state index contributed by atoms with van der Waals surface area (Å²) in [5, 5.41) is 2.92. The fourth-order valence-corrected chi connectivity index (χ4v) is 2.13. The molecule has 0 atom stereocenters. The van der Waals surface area contributed by atoms with Crippen LogP contribution in [-0.2, 0) is 17.8 Å². The Labute approximate surface area is 119 Å². The van der Waals surface area contributed by atoms with E-state index >= 15 is 0 Å². The number of hydrogen-bond acceptors (Lipinski definition) is 2. The van der Waals surface area contributed by atoms with E-state index in [2.05, 4.69) is 24.4 Å². The van der Waals surface area contributed by atoms with Gasteiger partial charge in [0.2, 0.25) is 5.91 Å². The maximum atomic E-state index is 11.8. The molecule has 0 spiro atoms. The van der Waals surface area contributed by atoms with Gasteiger partial charge in [-0.1, -0.05) is 36.4 Å². The molecule has 0 aliphatic carbocycles. The van der Waals surface area contributed by atoms with Crippen LogP contribution in [0, 0.1) is 6.92 Å². The quantitative estimate of drug-likeness (QED) is 0.819. The molecular formula is C17H20N2O. The van der Waals surface area contributed by atoms with Crippen LogP contribution in [0.3, 0.4) is 0 Å². The van der Waals surface area contributed by atoms with Crippen molar-refractivity contribution in [3.63, 3.8) is 0 Å². The van der Waals surface area contributed by atoms with Crippen molar-refractivity contribution in [1.29, 1.82) is 0 Å². The van der Waals surface area contributed by atoms with Gasteiger partial charge in [-0.25, -0.2) is 0 Å². The molecule has 1 amide bonds. The van der Waals surface area contributed by atoms with Crippen LogP contribution in [0.2, 0.25) is 0 Å². The van der Waals surface area contributed by atoms with Crippen LogP contribution in [0.15, 0.2) is 48.5 Å². The van der Waals surface area contributed by atoms with Gasteiger partial charge >= 0.3 is 0 Å². The topological polar surface area (TPSA) is 55.1 Å². The molecule has 3 heteroatoms. The summed E-state index contributed by atoms with van der Waals surface area (Å²) in [4.78, 5) is 11.8. The third kappa shape index (κ3) is 4.12. The highest BCUT2D eigenvalue weighted by Gasteiger charge is 2.04. The first-order valence-corrected chi connectivity index (χ1v) is 6.81. The molecule has 2 aromatic rings. The highest BCUT2D eigenvalue weighted by atomic mass is 16.1. The molecular weight excluding hydrogens is 248 g/mol. The third-order valence-corrected chi connectivity index (χ3v) is 3.32. The molecule has 2 rings (SSSR count). The fraction of sp³-hybridized carbons (Fsp3) is 0.235. The average Bonchev–Trinajstić information content (AvgIpc) is 2.44. The standard InChI is InChI=1S/C17H20N2O/c1-13-5-2-3-7-15(13)9-10-17(20)19-12-14-6-4-8-16(18)11-14/h2-8,11H,9-10,12,18H2,1H3,(H,19,20). The van der Waals surface area contributed by atoms with Crippen molar-refractivity contribution in [2.75, 3.05) is 5.73 Å². The minimum absolute atomic E-state index is 0.0654. The first-order chi connectivity index (χ1) is 9.65. The van der Waals surface area contributed by atoms with Gasteiger partial charge in [0, 0.05) is 18.7 Å². The Morgan fingerprint density at radius 2 is 1.95 bits per heavy atom. The number of benzene rings is 2. The zero-order chi connectivity index (χ0) is 14.4. The molecule has 20 heavy (non-hydrogen) atoms. The third-order valence-electron chi connectivity index (χ3n) is 3.32. The Bertz CT molecular complexity index is 593. The van der Waals surface area contributed by atoms with E-state index in [0.717, 1.165) is 17.7 Å².